The van der Waals surface area contributed by atoms with Gasteiger partial charge in [-0.2, -0.15) is 0 Å². The second kappa shape index (κ2) is 10.6. The van der Waals surface area contributed by atoms with E-state index in [0.717, 1.165) is 42.0 Å². The third-order valence-corrected chi connectivity index (χ3v) is 6.15. The number of aliphatic imine (C=N–C) groups is 1. The lowest BCUT2D eigenvalue weighted by molar-refractivity contribution is 0.487. The quantitative estimate of drug-likeness (QED) is 0.285. The Morgan fingerprint density at radius 1 is 0.909 bits per heavy atom. The molecule has 0 bridgehead atoms. The molecule has 0 fully saturated rings. The number of hydrogen-bond acceptors (Lipinski definition) is 3. The molecule has 0 radical (unpaired) electrons. The molecule has 2 aromatic carbocycles. The van der Waals surface area contributed by atoms with Crippen LogP contribution in [0.5, 0.6) is 0 Å². The fraction of sp³-hybridized carbons (Fsp3) is 0.333. The van der Waals surface area contributed by atoms with Crippen molar-refractivity contribution in [1.82, 2.24) is 4.98 Å². The monoisotopic (exact) mass is 438 g/mol. The van der Waals surface area contributed by atoms with Gasteiger partial charge < -0.3 is 4.42 Å². The van der Waals surface area contributed by atoms with Crippen molar-refractivity contribution in [1.29, 1.82) is 0 Å². The van der Waals surface area contributed by atoms with Gasteiger partial charge in [-0.25, -0.2) is 4.98 Å². The molecule has 1 atom stereocenters. The van der Waals surface area contributed by atoms with Crippen molar-refractivity contribution < 1.29 is 4.42 Å². The van der Waals surface area contributed by atoms with Crippen LogP contribution in [0.15, 0.2) is 82.2 Å². The Bertz CT molecular complexity index is 1120. The average Bonchev–Trinajstić information content (AvgIpc) is 3.21. The maximum Gasteiger partial charge on any atom is 0.226 e. The molecule has 0 amide bonds. The highest BCUT2D eigenvalue weighted by Crippen LogP contribution is 2.36. The number of oxazole rings is 1. The van der Waals surface area contributed by atoms with Crippen molar-refractivity contribution in [2.24, 2.45) is 4.99 Å². The average molecular weight is 439 g/mol. The van der Waals surface area contributed by atoms with E-state index in [-0.39, 0.29) is 5.92 Å². The van der Waals surface area contributed by atoms with E-state index in [1.54, 1.807) is 0 Å². The number of rotatable bonds is 6. The van der Waals surface area contributed by atoms with Gasteiger partial charge in [0.25, 0.3) is 0 Å². The predicted molar refractivity (Wildman–Crippen MR) is 139 cm³/mol. The summed E-state index contributed by atoms with van der Waals surface area (Å²) in [6.45, 7) is 8.89. The topological polar surface area (TPSA) is 38.4 Å². The normalized spacial score (nSPS) is 18.5. The largest absolute Gasteiger partial charge is 0.440 e. The number of para-hydroxylation sites is 1. The third-order valence-electron chi connectivity index (χ3n) is 6.15. The van der Waals surface area contributed by atoms with Crippen molar-refractivity contribution in [2.45, 2.75) is 64.7 Å². The lowest BCUT2D eigenvalue weighted by Gasteiger charge is -2.16. The van der Waals surface area contributed by atoms with Crippen LogP contribution in [-0.2, 0) is 0 Å². The minimum absolute atomic E-state index is 0.186. The number of nitrogens with zero attached hydrogens (tertiary/aromatic N) is 2. The second-order valence-electron chi connectivity index (χ2n) is 9.31. The molecule has 1 aliphatic rings. The molecule has 0 saturated heterocycles. The molecule has 1 aliphatic carbocycles. The molecule has 3 nitrogen and oxygen atoms in total. The molecule has 170 valence electrons. The SMILES string of the molecule is CC(C)c1cccc(C(C)C)c1N=Cc1nc(-c2ccccc2)oc1C1/C=C\C/C=C\CC1. The van der Waals surface area contributed by atoms with Crippen molar-refractivity contribution in [3.63, 3.8) is 0 Å². The summed E-state index contributed by atoms with van der Waals surface area (Å²) < 4.78 is 6.40. The summed E-state index contributed by atoms with van der Waals surface area (Å²) in [5.41, 5.74) is 5.40. The first-order chi connectivity index (χ1) is 16.0. The molecule has 3 heteroatoms. The van der Waals surface area contributed by atoms with Crippen LogP contribution in [0.4, 0.5) is 5.69 Å². The second-order valence-corrected chi connectivity index (χ2v) is 9.31. The van der Waals surface area contributed by atoms with Crippen LogP contribution in [-0.4, -0.2) is 11.2 Å². The van der Waals surface area contributed by atoms with E-state index in [1.807, 2.05) is 36.5 Å². The molecule has 4 rings (SSSR count). The maximum absolute atomic E-state index is 6.40. The van der Waals surface area contributed by atoms with Crippen LogP contribution >= 0.6 is 0 Å². The standard InChI is InChI=1S/C30H34N2O/c1-21(2)25-18-13-19-26(22(3)4)28(25)31-20-27-29(23-14-9-6-5-7-10-15-23)33-30(32-27)24-16-11-8-12-17-24/h5-6,8,10-13,15-23H,7,9,14H2,1-4H3/b6-5-,15-10-,31-20?. The lowest BCUT2D eigenvalue weighted by Crippen LogP contribution is -2.00. The van der Waals surface area contributed by atoms with Crippen molar-refractivity contribution >= 4 is 11.9 Å². The van der Waals surface area contributed by atoms with Crippen LogP contribution < -0.4 is 0 Å². The van der Waals surface area contributed by atoms with E-state index in [9.17, 15) is 0 Å². The van der Waals surface area contributed by atoms with Crippen LogP contribution in [0.2, 0.25) is 0 Å². The van der Waals surface area contributed by atoms with E-state index in [0.29, 0.717) is 17.7 Å². The molecular weight excluding hydrogens is 404 g/mol. The summed E-state index contributed by atoms with van der Waals surface area (Å²) in [7, 11) is 0. The Morgan fingerprint density at radius 2 is 1.64 bits per heavy atom. The van der Waals surface area contributed by atoms with Crippen LogP contribution in [0.1, 0.15) is 87.3 Å². The third kappa shape index (κ3) is 5.42. The van der Waals surface area contributed by atoms with E-state index < -0.39 is 0 Å². The van der Waals surface area contributed by atoms with E-state index in [2.05, 4.69) is 70.2 Å². The highest BCUT2D eigenvalue weighted by atomic mass is 16.4. The summed E-state index contributed by atoms with van der Waals surface area (Å²) in [6.07, 6.45) is 13.9. The molecule has 1 heterocycles. The zero-order valence-corrected chi connectivity index (χ0v) is 20.2. The van der Waals surface area contributed by atoms with Gasteiger partial charge in [0.05, 0.1) is 11.9 Å². The Kier molecular flexibility index (Phi) is 7.39. The van der Waals surface area contributed by atoms with E-state index in [1.165, 1.54) is 11.1 Å². The molecule has 1 aromatic heterocycles. The van der Waals surface area contributed by atoms with Crippen LogP contribution in [0.25, 0.3) is 11.5 Å². The highest BCUT2D eigenvalue weighted by molar-refractivity contribution is 5.83. The minimum atomic E-state index is 0.186. The van der Waals surface area contributed by atoms with Crippen LogP contribution in [0.3, 0.4) is 0 Å². The lowest BCUT2D eigenvalue weighted by atomic mass is 9.93. The molecule has 1 unspecified atom stereocenters. The first kappa shape index (κ1) is 23.0. The van der Waals surface area contributed by atoms with E-state index in [4.69, 9.17) is 14.4 Å². The first-order valence-electron chi connectivity index (χ1n) is 12.1. The van der Waals surface area contributed by atoms with Crippen molar-refractivity contribution in [3.8, 4) is 11.5 Å². The molecule has 0 saturated carbocycles. The van der Waals surface area contributed by atoms with Gasteiger partial charge in [-0.1, -0.05) is 88.4 Å². The summed E-state index contributed by atoms with van der Waals surface area (Å²) in [5.74, 6) is 2.53. The zero-order chi connectivity index (χ0) is 23.2. The van der Waals surface area contributed by atoms with Gasteiger partial charge in [-0.15, -0.1) is 0 Å². The van der Waals surface area contributed by atoms with Gasteiger partial charge in [0.1, 0.15) is 11.5 Å². The Labute approximate surface area is 198 Å². The molecule has 3 aromatic rings. The number of allylic oxidation sites excluding steroid dienone is 4. The highest BCUT2D eigenvalue weighted by Gasteiger charge is 2.21. The van der Waals surface area contributed by atoms with Crippen LogP contribution in [0, 0.1) is 0 Å². The minimum Gasteiger partial charge on any atom is -0.440 e. The summed E-state index contributed by atoms with van der Waals surface area (Å²) in [6, 6.07) is 16.6. The number of benzene rings is 2. The molecule has 0 aliphatic heterocycles. The van der Waals surface area contributed by atoms with Gasteiger partial charge in [-0.05, 0) is 54.4 Å². The summed E-state index contributed by atoms with van der Waals surface area (Å²) >= 11 is 0. The number of aromatic nitrogens is 1. The Hall–Kier alpha value is -3.20. The molecule has 0 spiro atoms. The Balaban J connectivity index is 1.79. The van der Waals surface area contributed by atoms with Crippen molar-refractivity contribution in [2.75, 3.05) is 0 Å². The first-order valence-corrected chi connectivity index (χ1v) is 12.1. The fourth-order valence-corrected chi connectivity index (χ4v) is 4.32. The predicted octanol–water partition coefficient (Wildman–Crippen LogP) is 8.72. The molecule has 0 N–H and O–H groups in total. The number of hydrogen-bond donors (Lipinski definition) is 0. The van der Waals surface area contributed by atoms with Gasteiger partial charge >= 0.3 is 0 Å². The van der Waals surface area contributed by atoms with E-state index >= 15 is 0 Å². The van der Waals surface area contributed by atoms with Gasteiger partial charge in [-0.3, -0.25) is 4.99 Å². The zero-order valence-electron chi connectivity index (χ0n) is 20.2. The van der Waals surface area contributed by atoms with Crippen molar-refractivity contribution in [3.05, 3.63) is 95.4 Å². The maximum atomic E-state index is 6.40. The smallest absolute Gasteiger partial charge is 0.226 e. The van der Waals surface area contributed by atoms with Gasteiger partial charge in [0, 0.05) is 11.5 Å². The fourth-order valence-electron chi connectivity index (χ4n) is 4.32. The Morgan fingerprint density at radius 3 is 2.33 bits per heavy atom. The van der Waals surface area contributed by atoms with Gasteiger partial charge in [0.2, 0.25) is 5.89 Å². The van der Waals surface area contributed by atoms with Gasteiger partial charge in [0.15, 0.2) is 0 Å². The summed E-state index contributed by atoms with van der Waals surface area (Å²) in [4.78, 5) is 9.94. The summed E-state index contributed by atoms with van der Waals surface area (Å²) in [5, 5.41) is 0. The molecular formula is C30H34N2O. The molecule has 33 heavy (non-hydrogen) atoms.